The van der Waals surface area contributed by atoms with Crippen molar-refractivity contribution in [3.05, 3.63) is 18.0 Å². The van der Waals surface area contributed by atoms with Gasteiger partial charge < -0.3 is 10.1 Å². The fourth-order valence-corrected chi connectivity index (χ4v) is 2.59. The van der Waals surface area contributed by atoms with Gasteiger partial charge in [0.1, 0.15) is 0 Å². The maximum absolute atomic E-state index is 5.44. The standard InChI is InChI=1S/C14H25N3O/c1-3-6-15-14(13-10-16-17(2)11-13)9-12-4-7-18-8-5-12/h10-12,14-15H,3-9H2,1-2H3. The van der Waals surface area contributed by atoms with Crippen LogP contribution in [0.5, 0.6) is 0 Å². The highest BCUT2D eigenvalue weighted by Crippen LogP contribution is 2.27. The molecule has 2 heterocycles. The lowest BCUT2D eigenvalue weighted by atomic mass is 9.90. The SMILES string of the molecule is CCCNC(CC1CCOCC1)c1cnn(C)c1. The smallest absolute Gasteiger partial charge is 0.0537 e. The molecule has 0 bridgehead atoms. The Morgan fingerprint density at radius 1 is 1.50 bits per heavy atom. The second kappa shape index (κ2) is 6.90. The Kier molecular flexibility index (Phi) is 5.20. The molecule has 1 aliphatic rings. The number of aryl methyl sites for hydroxylation is 1. The van der Waals surface area contributed by atoms with Crippen LogP contribution >= 0.6 is 0 Å². The number of ether oxygens (including phenoxy) is 1. The zero-order valence-electron chi connectivity index (χ0n) is 11.6. The summed E-state index contributed by atoms with van der Waals surface area (Å²) >= 11 is 0. The fraction of sp³-hybridized carbons (Fsp3) is 0.786. The van der Waals surface area contributed by atoms with Gasteiger partial charge in [-0.15, -0.1) is 0 Å². The zero-order valence-corrected chi connectivity index (χ0v) is 11.6. The van der Waals surface area contributed by atoms with Crippen molar-refractivity contribution < 1.29 is 4.74 Å². The molecule has 1 N–H and O–H groups in total. The predicted molar refractivity (Wildman–Crippen MR) is 72.4 cm³/mol. The molecule has 0 aliphatic carbocycles. The summed E-state index contributed by atoms with van der Waals surface area (Å²) in [5.41, 5.74) is 1.32. The van der Waals surface area contributed by atoms with Gasteiger partial charge in [0.2, 0.25) is 0 Å². The summed E-state index contributed by atoms with van der Waals surface area (Å²) in [6.45, 7) is 5.14. The molecular weight excluding hydrogens is 226 g/mol. The molecule has 4 heteroatoms. The van der Waals surface area contributed by atoms with E-state index in [2.05, 4.69) is 23.5 Å². The number of nitrogens with zero attached hydrogens (tertiary/aromatic N) is 2. The highest BCUT2D eigenvalue weighted by Gasteiger charge is 2.20. The fourth-order valence-electron chi connectivity index (χ4n) is 2.59. The van der Waals surface area contributed by atoms with Crippen LogP contribution in [0.1, 0.15) is 44.2 Å². The third-order valence-electron chi connectivity index (χ3n) is 3.68. The third kappa shape index (κ3) is 3.82. The average Bonchev–Trinajstić information content (AvgIpc) is 2.82. The number of hydrogen-bond donors (Lipinski definition) is 1. The van der Waals surface area contributed by atoms with Gasteiger partial charge >= 0.3 is 0 Å². The largest absolute Gasteiger partial charge is 0.381 e. The maximum Gasteiger partial charge on any atom is 0.0537 e. The lowest BCUT2D eigenvalue weighted by Crippen LogP contribution is -2.26. The Bertz CT molecular complexity index is 345. The Hall–Kier alpha value is -0.870. The average molecular weight is 251 g/mol. The molecule has 1 aromatic rings. The van der Waals surface area contributed by atoms with E-state index in [4.69, 9.17) is 4.74 Å². The Morgan fingerprint density at radius 2 is 2.28 bits per heavy atom. The lowest BCUT2D eigenvalue weighted by molar-refractivity contribution is 0.0605. The Balaban J connectivity index is 1.95. The van der Waals surface area contributed by atoms with E-state index < -0.39 is 0 Å². The normalized spacial score (nSPS) is 19.0. The summed E-state index contributed by atoms with van der Waals surface area (Å²) in [5.74, 6) is 0.785. The molecule has 2 rings (SSSR count). The van der Waals surface area contributed by atoms with Gasteiger partial charge in [-0.2, -0.15) is 5.10 Å². The molecule has 1 aromatic heterocycles. The molecule has 1 aliphatic heterocycles. The molecule has 102 valence electrons. The van der Waals surface area contributed by atoms with E-state index in [1.807, 2.05) is 17.9 Å². The van der Waals surface area contributed by atoms with Gasteiger partial charge in [-0.25, -0.2) is 0 Å². The molecule has 0 aromatic carbocycles. The van der Waals surface area contributed by atoms with E-state index in [-0.39, 0.29) is 0 Å². The molecule has 0 radical (unpaired) electrons. The van der Waals surface area contributed by atoms with Crippen LogP contribution in [0.4, 0.5) is 0 Å². The van der Waals surface area contributed by atoms with Crippen LogP contribution in [-0.2, 0) is 11.8 Å². The summed E-state index contributed by atoms with van der Waals surface area (Å²) in [6, 6.07) is 0.446. The van der Waals surface area contributed by atoms with Crippen molar-refractivity contribution in [2.75, 3.05) is 19.8 Å². The van der Waals surface area contributed by atoms with Crippen molar-refractivity contribution in [3.8, 4) is 0 Å². The van der Waals surface area contributed by atoms with E-state index in [0.717, 1.165) is 25.7 Å². The highest BCUT2D eigenvalue weighted by atomic mass is 16.5. The van der Waals surface area contributed by atoms with E-state index in [1.54, 1.807) is 0 Å². The molecule has 0 spiro atoms. The quantitative estimate of drug-likeness (QED) is 0.843. The summed E-state index contributed by atoms with van der Waals surface area (Å²) in [6.07, 6.45) is 8.90. The minimum atomic E-state index is 0.446. The van der Waals surface area contributed by atoms with Crippen molar-refractivity contribution in [2.24, 2.45) is 13.0 Å². The number of rotatable bonds is 6. The first-order valence-corrected chi connectivity index (χ1v) is 7.09. The minimum absolute atomic E-state index is 0.446. The van der Waals surface area contributed by atoms with Gasteiger partial charge in [-0.05, 0) is 38.1 Å². The van der Waals surface area contributed by atoms with E-state index in [0.29, 0.717) is 6.04 Å². The van der Waals surface area contributed by atoms with Crippen LogP contribution in [0, 0.1) is 5.92 Å². The van der Waals surface area contributed by atoms with Crippen molar-refractivity contribution >= 4 is 0 Å². The van der Waals surface area contributed by atoms with Crippen molar-refractivity contribution in [1.29, 1.82) is 0 Å². The minimum Gasteiger partial charge on any atom is -0.381 e. The molecule has 1 fully saturated rings. The molecule has 18 heavy (non-hydrogen) atoms. The Labute approximate surface area is 110 Å². The van der Waals surface area contributed by atoms with Gasteiger partial charge in [0.15, 0.2) is 0 Å². The number of hydrogen-bond acceptors (Lipinski definition) is 3. The number of aromatic nitrogens is 2. The second-order valence-corrected chi connectivity index (χ2v) is 5.25. The van der Waals surface area contributed by atoms with Gasteiger partial charge in [0.05, 0.1) is 6.20 Å². The van der Waals surface area contributed by atoms with Crippen LogP contribution < -0.4 is 5.32 Å². The molecular formula is C14H25N3O. The molecule has 1 atom stereocenters. The number of nitrogens with one attached hydrogen (secondary N) is 1. The van der Waals surface area contributed by atoms with Crippen molar-refractivity contribution in [1.82, 2.24) is 15.1 Å². The van der Waals surface area contributed by atoms with E-state index in [9.17, 15) is 0 Å². The summed E-state index contributed by atoms with van der Waals surface area (Å²) in [5, 5.41) is 7.94. The van der Waals surface area contributed by atoms with Crippen molar-refractivity contribution in [2.45, 2.75) is 38.6 Å². The zero-order chi connectivity index (χ0) is 12.8. The highest BCUT2D eigenvalue weighted by molar-refractivity contribution is 5.10. The van der Waals surface area contributed by atoms with Crippen LogP contribution in [0.2, 0.25) is 0 Å². The lowest BCUT2D eigenvalue weighted by Gasteiger charge is -2.26. The second-order valence-electron chi connectivity index (χ2n) is 5.25. The molecule has 1 unspecified atom stereocenters. The third-order valence-corrected chi connectivity index (χ3v) is 3.68. The van der Waals surface area contributed by atoms with E-state index >= 15 is 0 Å². The predicted octanol–water partition coefficient (Wildman–Crippen LogP) is 2.28. The molecule has 0 saturated carbocycles. The van der Waals surface area contributed by atoms with Crippen LogP contribution in [0.25, 0.3) is 0 Å². The van der Waals surface area contributed by atoms with E-state index in [1.165, 1.54) is 31.2 Å². The summed E-state index contributed by atoms with van der Waals surface area (Å²) in [7, 11) is 1.98. The van der Waals surface area contributed by atoms with Gasteiger partial charge in [0.25, 0.3) is 0 Å². The molecule has 0 amide bonds. The Morgan fingerprint density at radius 3 is 2.89 bits per heavy atom. The van der Waals surface area contributed by atoms with Crippen LogP contribution in [0.15, 0.2) is 12.4 Å². The first-order valence-electron chi connectivity index (χ1n) is 7.09. The maximum atomic E-state index is 5.44. The monoisotopic (exact) mass is 251 g/mol. The first-order chi connectivity index (χ1) is 8.79. The topological polar surface area (TPSA) is 39.1 Å². The van der Waals surface area contributed by atoms with Gasteiger partial charge in [0, 0.05) is 38.1 Å². The first kappa shape index (κ1) is 13.6. The molecule has 1 saturated heterocycles. The van der Waals surface area contributed by atoms with Crippen molar-refractivity contribution in [3.63, 3.8) is 0 Å². The van der Waals surface area contributed by atoms with Gasteiger partial charge in [-0.1, -0.05) is 6.92 Å². The molecule has 4 nitrogen and oxygen atoms in total. The summed E-state index contributed by atoms with van der Waals surface area (Å²) < 4.78 is 7.32. The van der Waals surface area contributed by atoms with Crippen LogP contribution in [0.3, 0.4) is 0 Å². The summed E-state index contributed by atoms with van der Waals surface area (Å²) in [4.78, 5) is 0. The van der Waals surface area contributed by atoms with Gasteiger partial charge in [-0.3, -0.25) is 4.68 Å². The van der Waals surface area contributed by atoms with Crippen LogP contribution in [-0.4, -0.2) is 29.5 Å².